The van der Waals surface area contributed by atoms with E-state index in [2.05, 4.69) is 57.2 Å². The zero-order chi connectivity index (χ0) is 56.4. The Kier molecular flexibility index (Phi) is 65.1. The highest BCUT2D eigenvalue weighted by Crippen LogP contribution is 2.18. The topological polar surface area (TPSA) is 78.9 Å². The average Bonchev–Trinajstić information content (AvgIpc) is 3.44. The molecular weight excluding hydrogens is 961 g/mol. The third-order valence-corrected chi connectivity index (χ3v) is 15.9. The first kappa shape index (κ1) is 75.6. The van der Waals surface area contributed by atoms with Crippen LogP contribution >= 0.6 is 0 Å². The minimum absolute atomic E-state index is 0.0719. The van der Waals surface area contributed by atoms with Crippen molar-refractivity contribution in [3.63, 3.8) is 0 Å². The second-order valence-corrected chi connectivity index (χ2v) is 23.8. The smallest absolute Gasteiger partial charge is 0.306 e. The van der Waals surface area contributed by atoms with Gasteiger partial charge in [-0.25, -0.2) is 0 Å². The molecule has 0 aromatic carbocycles. The zero-order valence-electron chi connectivity index (χ0n) is 52.7. The monoisotopic (exact) mass is 1100 g/mol. The Labute approximate surface area is 486 Å². The Morgan fingerprint density at radius 3 is 0.744 bits per heavy atom. The second-order valence-electron chi connectivity index (χ2n) is 23.8. The fourth-order valence-electron chi connectivity index (χ4n) is 10.6. The first-order valence-electron chi connectivity index (χ1n) is 35.0. The molecule has 0 rings (SSSR count). The first-order valence-corrected chi connectivity index (χ1v) is 35.0. The standard InChI is InChI=1S/C72H134O6/c1-4-7-10-13-16-19-22-25-28-30-32-33-34-35-36-37-38-40-41-44-47-50-53-56-59-62-65-71(74)77-68-69(67-76-70(73)64-61-58-55-52-49-46-43-27-24-21-18-15-12-9-6-3)78-72(75)66-63-60-57-54-51-48-45-42-39-31-29-26-23-20-17-14-11-8-5-2/h17,20,26-27,29,43,69H,4-16,18-19,21-25,28,30-42,44-68H2,1-3H3/b20-17-,29-26-,43-27-. The highest BCUT2D eigenvalue weighted by Gasteiger charge is 2.19. The van der Waals surface area contributed by atoms with Crippen LogP contribution in [0.15, 0.2) is 36.5 Å². The molecule has 0 amide bonds. The molecule has 0 spiro atoms. The highest BCUT2D eigenvalue weighted by molar-refractivity contribution is 5.71. The van der Waals surface area contributed by atoms with Crippen molar-refractivity contribution in [3.8, 4) is 0 Å². The third-order valence-electron chi connectivity index (χ3n) is 15.9. The normalized spacial score (nSPS) is 12.2. The fourth-order valence-corrected chi connectivity index (χ4v) is 10.6. The van der Waals surface area contributed by atoms with Gasteiger partial charge in [-0.2, -0.15) is 0 Å². The lowest BCUT2D eigenvalue weighted by atomic mass is 10.0. The van der Waals surface area contributed by atoms with Crippen LogP contribution in [-0.4, -0.2) is 37.2 Å². The van der Waals surface area contributed by atoms with Crippen LogP contribution < -0.4 is 0 Å². The van der Waals surface area contributed by atoms with E-state index in [4.69, 9.17) is 14.2 Å². The highest BCUT2D eigenvalue weighted by atomic mass is 16.6. The van der Waals surface area contributed by atoms with Gasteiger partial charge >= 0.3 is 17.9 Å². The molecule has 78 heavy (non-hydrogen) atoms. The Balaban J connectivity index is 4.25. The predicted molar refractivity (Wildman–Crippen MR) is 339 cm³/mol. The molecule has 0 saturated carbocycles. The van der Waals surface area contributed by atoms with Crippen molar-refractivity contribution < 1.29 is 28.6 Å². The molecule has 0 aliphatic rings. The van der Waals surface area contributed by atoms with E-state index >= 15 is 0 Å². The van der Waals surface area contributed by atoms with Crippen LogP contribution in [0.5, 0.6) is 0 Å². The molecule has 0 N–H and O–H groups in total. The summed E-state index contributed by atoms with van der Waals surface area (Å²) in [5.41, 5.74) is 0. The Morgan fingerprint density at radius 1 is 0.256 bits per heavy atom. The summed E-state index contributed by atoms with van der Waals surface area (Å²) in [6.07, 6.45) is 83.1. The van der Waals surface area contributed by atoms with Crippen molar-refractivity contribution in [2.24, 2.45) is 0 Å². The minimum atomic E-state index is -0.777. The maximum Gasteiger partial charge on any atom is 0.306 e. The molecule has 0 heterocycles. The molecule has 1 atom stereocenters. The first-order chi connectivity index (χ1) is 38.5. The SMILES string of the molecule is CCCCC/C=C\C/C=C\CCCCCCCCCCCC(=O)OC(COC(=O)CCCCCCC/C=C\CCCCCCCC)COC(=O)CCCCCCCCCCCCCCCCCCCCCCCCCCCC. The van der Waals surface area contributed by atoms with E-state index in [9.17, 15) is 14.4 Å². The largest absolute Gasteiger partial charge is 0.462 e. The molecule has 0 bridgehead atoms. The van der Waals surface area contributed by atoms with Crippen LogP contribution in [0, 0.1) is 0 Å². The van der Waals surface area contributed by atoms with E-state index in [1.165, 1.54) is 276 Å². The minimum Gasteiger partial charge on any atom is -0.462 e. The van der Waals surface area contributed by atoms with Crippen LogP contribution in [0.25, 0.3) is 0 Å². The number of carbonyl (C=O) groups excluding carboxylic acids is 3. The van der Waals surface area contributed by atoms with E-state index < -0.39 is 6.10 Å². The molecule has 6 heteroatoms. The Bertz CT molecular complexity index is 1300. The summed E-state index contributed by atoms with van der Waals surface area (Å²) in [5, 5.41) is 0. The van der Waals surface area contributed by atoms with Crippen LogP contribution in [-0.2, 0) is 28.6 Å². The Hall–Kier alpha value is -2.37. The second kappa shape index (κ2) is 67.1. The van der Waals surface area contributed by atoms with Crippen LogP contribution in [0.4, 0.5) is 0 Å². The number of hydrogen-bond donors (Lipinski definition) is 0. The summed E-state index contributed by atoms with van der Waals surface area (Å²) in [7, 11) is 0. The van der Waals surface area contributed by atoms with Gasteiger partial charge in [-0.1, -0.05) is 327 Å². The lowest BCUT2D eigenvalue weighted by Crippen LogP contribution is -2.30. The van der Waals surface area contributed by atoms with E-state index in [0.717, 1.165) is 70.6 Å². The van der Waals surface area contributed by atoms with Crippen molar-refractivity contribution in [2.45, 2.75) is 393 Å². The van der Waals surface area contributed by atoms with Gasteiger partial charge < -0.3 is 14.2 Å². The van der Waals surface area contributed by atoms with E-state index in [0.29, 0.717) is 19.3 Å². The summed E-state index contributed by atoms with van der Waals surface area (Å²) < 4.78 is 17.0. The zero-order valence-corrected chi connectivity index (χ0v) is 52.7. The van der Waals surface area contributed by atoms with E-state index in [1.54, 1.807) is 0 Å². The van der Waals surface area contributed by atoms with Gasteiger partial charge in [-0.15, -0.1) is 0 Å². The molecule has 0 saturated heterocycles. The molecule has 1 unspecified atom stereocenters. The maximum atomic E-state index is 12.9. The number of unbranched alkanes of at least 4 members (excludes halogenated alkanes) is 48. The predicted octanol–water partition coefficient (Wildman–Crippen LogP) is 23.9. The van der Waals surface area contributed by atoms with Gasteiger partial charge in [-0.05, 0) is 77.0 Å². The number of hydrogen-bond acceptors (Lipinski definition) is 6. The van der Waals surface area contributed by atoms with E-state index in [-0.39, 0.29) is 31.1 Å². The van der Waals surface area contributed by atoms with Crippen molar-refractivity contribution in [1.29, 1.82) is 0 Å². The van der Waals surface area contributed by atoms with Gasteiger partial charge in [0.15, 0.2) is 6.10 Å². The number of ether oxygens (including phenoxy) is 3. The number of rotatable bonds is 65. The summed E-state index contributed by atoms with van der Waals surface area (Å²) >= 11 is 0. The van der Waals surface area contributed by atoms with Crippen LogP contribution in [0.1, 0.15) is 387 Å². The Morgan fingerprint density at radius 2 is 0.462 bits per heavy atom. The van der Waals surface area contributed by atoms with Gasteiger partial charge in [-0.3, -0.25) is 14.4 Å². The van der Waals surface area contributed by atoms with E-state index in [1.807, 2.05) is 0 Å². The molecule has 0 aliphatic heterocycles. The lowest BCUT2D eigenvalue weighted by molar-refractivity contribution is -0.167. The van der Waals surface area contributed by atoms with Crippen molar-refractivity contribution >= 4 is 17.9 Å². The summed E-state index contributed by atoms with van der Waals surface area (Å²) in [5.74, 6) is -0.857. The molecule has 0 aromatic rings. The van der Waals surface area contributed by atoms with Gasteiger partial charge in [0.25, 0.3) is 0 Å². The van der Waals surface area contributed by atoms with Gasteiger partial charge in [0.1, 0.15) is 13.2 Å². The molecule has 0 radical (unpaired) electrons. The van der Waals surface area contributed by atoms with Gasteiger partial charge in [0, 0.05) is 19.3 Å². The number of esters is 3. The summed E-state index contributed by atoms with van der Waals surface area (Å²) in [6, 6.07) is 0. The molecular formula is C72H134O6. The molecule has 6 nitrogen and oxygen atoms in total. The molecule has 458 valence electrons. The molecule has 0 aromatic heterocycles. The number of carbonyl (C=O) groups is 3. The van der Waals surface area contributed by atoms with Crippen LogP contribution in [0.3, 0.4) is 0 Å². The summed E-state index contributed by atoms with van der Waals surface area (Å²) in [6.45, 7) is 6.67. The third kappa shape index (κ3) is 64.5. The van der Waals surface area contributed by atoms with Crippen molar-refractivity contribution in [2.75, 3.05) is 13.2 Å². The van der Waals surface area contributed by atoms with Crippen LogP contribution in [0.2, 0.25) is 0 Å². The lowest BCUT2D eigenvalue weighted by Gasteiger charge is -2.18. The fraction of sp³-hybridized carbons (Fsp3) is 0.875. The van der Waals surface area contributed by atoms with Gasteiger partial charge in [0.05, 0.1) is 0 Å². The summed E-state index contributed by atoms with van der Waals surface area (Å²) in [4.78, 5) is 38.4. The quantitative estimate of drug-likeness (QED) is 0.0261. The van der Waals surface area contributed by atoms with Gasteiger partial charge in [0.2, 0.25) is 0 Å². The molecule has 0 aliphatic carbocycles. The average molecular weight is 1100 g/mol. The molecule has 0 fully saturated rings. The van der Waals surface area contributed by atoms with Crippen molar-refractivity contribution in [3.05, 3.63) is 36.5 Å². The maximum absolute atomic E-state index is 12.9. The number of allylic oxidation sites excluding steroid dienone is 6. The van der Waals surface area contributed by atoms with Crippen molar-refractivity contribution in [1.82, 2.24) is 0 Å².